The number of carbonyl (C=O) groups is 2. The molecule has 0 saturated carbocycles. The van der Waals surface area contributed by atoms with Crippen molar-refractivity contribution >= 4 is 11.9 Å². The Balaban J connectivity index is 0. The van der Waals surface area contributed by atoms with Crippen molar-refractivity contribution in [3.63, 3.8) is 0 Å². The molecule has 6 nitrogen and oxygen atoms in total. The van der Waals surface area contributed by atoms with Crippen LogP contribution in [0.2, 0.25) is 0 Å². The Kier molecular flexibility index (Phi) is 15.7. The fourth-order valence-electron chi connectivity index (χ4n) is 2.60. The third-order valence-electron chi connectivity index (χ3n) is 4.21. The number of nitrogens with zero attached hydrogens (tertiary/aromatic N) is 2. The molecule has 0 radical (unpaired) electrons. The van der Waals surface area contributed by atoms with Crippen LogP contribution >= 0.6 is 0 Å². The molecule has 0 aliphatic heterocycles. The topological polar surface area (TPSA) is 75.9 Å². The highest BCUT2D eigenvalue weighted by atomic mass is 16.6. The Hall–Kier alpha value is -1.82. The van der Waals surface area contributed by atoms with E-state index in [9.17, 15) is 9.59 Å². The predicted octanol–water partition coefficient (Wildman–Crippen LogP) is 3.29. The third-order valence-corrected chi connectivity index (χ3v) is 4.21. The summed E-state index contributed by atoms with van der Waals surface area (Å²) in [5.74, 6) is -0.672. The van der Waals surface area contributed by atoms with Gasteiger partial charge in [0.1, 0.15) is 0 Å². The lowest BCUT2D eigenvalue weighted by Gasteiger charge is -2.25. The molecule has 1 unspecified atom stereocenters. The van der Waals surface area contributed by atoms with Gasteiger partial charge in [-0.1, -0.05) is 33.8 Å². The van der Waals surface area contributed by atoms with Gasteiger partial charge in [-0.15, -0.1) is 0 Å². The molecule has 1 atom stereocenters. The number of esters is 1. The number of rotatable bonds is 11. The maximum atomic E-state index is 11.1. The van der Waals surface area contributed by atoms with Gasteiger partial charge in [-0.2, -0.15) is 0 Å². The minimum Gasteiger partial charge on any atom is -0.443 e. The number of carbonyl (C=O) groups excluding carboxylic acids is 2. The summed E-state index contributed by atoms with van der Waals surface area (Å²) in [6, 6.07) is 0. The number of allylic oxidation sites excluding steroid dienone is 1. The number of primary amides is 1. The van der Waals surface area contributed by atoms with Crippen LogP contribution < -0.4 is 5.73 Å². The Morgan fingerprint density at radius 3 is 1.88 bits per heavy atom. The van der Waals surface area contributed by atoms with Gasteiger partial charge < -0.3 is 15.4 Å². The maximum Gasteiger partial charge on any atom is 0.331 e. The molecule has 0 aliphatic rings. The molecule has 0 heterocycles. The summed E-state index contributed by atoms with van der Waals surface area (Å²) in [5, 5.41) is 0. The molecule has 1 amide bonds. The molecule has 26 heavy (non-hydrogen) atoms. The molecule has 6 heteroatoms. The molecule has 0 aromatic heterocycles. The monoisotopic (exact) mass is 369 g/mol. The van der Waals surface area contributed by atoms with Gasteiger partial charge >= 0.3 is 5.97 Å². The van der Waals surface area contributed by atoms with E-state index < -0.39 is 0 Å². The van der Waals surface area contributed by atoms with Crippen LogP contribution in [0.25, 0.3) is 0 Å². The van der Waals surface area contributed by atoms with Gasteiger partial charge in [0.15, 0.2) is 6.23 Å². The van der Waals surface area contributed by atoms with E-state index in [1.54, 1.807) is 0 Å². The van der Waals surface area contributed by atoms with Crippen molar-refractivity contribution < 1.29 is 14.3 Å². The lowest BCUT2D eigenvalue weighted by molar-refractivity contribution is -0.150. The second-order valence-electron chi connectivity index (χ2n) is 5.82. The summed E-state index contributed by atoms with van der Waals surface area (Å²) >= 11 is 0. The molecule has 0 spiro atoms. The van der Waals surface area contributed by atoms with E-state index in [1.165, 1.54) is 6.08 Å². The summed E-state index contributed by atoms with van der Waals surface area (Å²) in [7, 11) is 0. The Bertz CT molecular complexity index is 453. The molecule has 2 N–H and O–H groups in total. The van der Waals surface area contributed by atoms with Crippen molar-refractivity contribution in [1.82, 2.24) is 9.80 Å². The van der Waals surface area contributed by atoms with Crippen molar-refractivity contribution in [3.05, 3.63) is 23.9 Å². The first-order valence-corrected chi connectivity index (χ1v) is 9.55. The lowest BCUT2D eigenvalue weighted by Crippen LogP contribution is -2.35. The molecule has 0 rings (SSSR count). The zero-order valence-electron chi connectivity index (χ0n) is 17.8. The molecule has 0 aromatic carbocycles. The van der Waals surface area contributed by atoms with Gasteiger partial charge in [0.2, 0.25) is 5.91 Å². The van der Waals surface area contributed by atoms with E-state index in [4.69, 9.17) is 10.5 Å². The van der Waals surface area contributed by atoms with Crippen molar-refractivity contribution in [2.75, 3.05) is 26.2 Å². The highest BCUT2D eigenvalue weighted by molar-refractivity contribution is 5.92. The van der Waals surface area contributed by atoms with E-state index in [2.05, 4.69) is 32.3 Å². The number of ether oxygens (including phenoxy) is 1. The fraction of sp³-hybridized carbons (Fsp3) is 0.700. The normalized spacial score (nSPS) is 12.5. The predicted molar refractivity (Wildman–Crippen MR) is 108 cm³/mol. The Morgan fingerprint density at radius 1 is 1.08 bits per heavy atom. The zero-order chi connectivity index (χ0) is 20.7. The van der Waals surface area contributed by atoms with Gasteiger partial charge in [-0.3, -0.25) is 9.69 Å². The van der Waals surface area contributed by atoms with Crippen LogP contribution in [0.3, 0.4) is 0 Å². The van der Waals surface area contributed by atoms with Gasteiger partial charge in [-0.25, -0.2) is 4.79 Å². The largest absolute Gasteiger partial charge is 0.443 e. The number of hydrogen-bond donors (Lipinski definition) is 1. The first-order chi connectivity index (χ1) is 12.2. The van der Waals surface area contributed by atoms with Crippen LogP contribution in [0.5, 0.6) is 0 Å². The summed E-state index contributed by atoms with van der Waals surface area (Å²) in [4.78, 5) is 26.1. The van der Waals surface area contributed by atoms with Crippen molar-refractivity contribution in [2.24, 2.45) is 5.73 Å². The van der Waals surface area contributed by atoms with Crippen molar-refractivity contribution in [3.8, 4) is 0 Å². The highest BCUT2D eigenvalue weighted by Crippen LogP contribution is 2.15. The average molecular weight is 370 g/mol. The smallest absolute Gasteiger partial charge is 0.331 e. The van der Waals surface area contributed by atoms with E-state index in [1.807, 2.05) is 32.6 Å². The van der Waals surface area contributed by atoms with Crippen LogP contribution in [0.15, 0.2) is 23.9 Å². The molecular formula is C20H39N3O3. The van der Waals surface area contributed by atoms with Crippen LogP contribution in [0.4, 0.5) is 0 Å². The van der Waals surface area contributed by atoms with E-state index in [-0.39, 0.29) is 18.1 Å². The SMILES string of the molecule is C=CC(=O)OC(C)N(CC)CC.CCC/C(=C(/C)C(N)=O)N(CC)CC. The van der Waals surface area contributed by atoms with E-state index >= 15 is 0 Å². The summed E-state index contributed by atoms with van der Waals surface area (Å²) in [5.41, 5.74) is 7.10. The number of nitrogens with two attached hydrogens (primary N) is 1. The molecule has 152 valence electrons. The average Bonchev–Trinajstić information content (AvgIpc) is 2.62. The minimum atomic E-state index is -0.366. The minimum absolute atomic E-state index is 0.162. The summed E-state index contributed by atoms with van der Waals surface area (Å²) in [6.07, 6.45) is 2.98. The van der Waals surface area contributed by atoms with Gasteiger partial charge in [0.25, 0.3) is 0 Å². The van der Waals surface area contributed by atoms with E-state index in [0.717, 1.165) is 44.7 Å². The van der Waals surface area contributed by atoms with Crippen LogP contribution in [0, 0.1) is 0 Å². The van der Waals surface area contributed by atoms with Gasteiger partial charge in [0, 0.05) is 30.4 Å². The lowest BCUT2D eigenvalue weighted by atomic mass is 10.1. The maximum absolute atomic E-state index is 11.1. The fourth-order valence-corrected chi connectivity index (χ4v) is 2.60. The zero-order valence-corrected chi connectivity index (χ0v) is 17.8. The first kappa shape index (κ1) is 26.4. The summed E-state index contributed by atoms with van der Waals surface area (Å²) < 4.78 is 5.01. The molecule has 0 bridgehead atoms. The molecule has 0 aliphatic carbocycles. The second kappa shape index (κ2) is 15.4. The standard InChI is InChI=1S/C11H22N2O.C9H17NO2/c1-5-8-10(9(4)11(12)14)13(6-2)7-3;1-5-9(11)12-8(4)10(6-2)7-3/h5-8H2,1-4H3,(H2,12,14);5,8H,1,6-7H2,2-4H3/b10-9+;. The number of hydrogen-bond acceptors (Lipinski definition) is 5. The second-order valence-corrected chi connectivity index (χ2v) is 5.82. The molecule has 0 fully saturated rings. The van der Waals surface area contributed by atoms with Crippen molar-refractivity contribution in [2.45, 2.75) is 67.5 Å². The quantitative estimate of drug-likeness (QED) is 0.344. The first-order valence-electron chi connectivity index (χ1n) is 9.55. The van der Waals surface area contributed by atoms with Crippen LogP contribution in [-0.4, -0.2) is 54.1 Å². The third kappa shape index (κ3) is 10.2. The van der Waals surface area contributed by atoms with Gasteiger partial charge in [0.05, 0.1) is 0 Å². The van der Waals surface area contributed by atoms with Crippen LogP contribution in [0.1, 0.15) is 61.3 Å². The van der Waals surface area contributed by atoms with Crippen molar-refractivity contribution in [1.29, 1.82) is 0 Å². The van der Waals surface area contributed by atoms with Crippen LogP contribution in [-0.2, 0) is 14.3 Å². The van der Waals surface area contributed by atoms with E-state index in [0.29, 0.717) is 5.57 Å². The highest BCUT2D eigenvalue weighted by Gasteiger charge is 2.12. The van der Waals surface area contributed by atoms with Gasteiger partial charge in [-0.05, 0) is 47.2 Å². The molecular weight excluding hydrogens is 330 g/mol. The Morgan fingerprint density at radius 2 is 1.58 bits per heavy atom. The number of amides is 1. The summed E-state index contributed by atoms with van der Waals surface area (Å²) in [6.45, 7) is 21.0. The molecule has 0 saturated heterocycles. The molecule has 0 aromatic rings. The Labute approximate surface area is 160 Å².